The summed E-state index contributed by atoms with van der Waals surface area (Å²) in [5.41, 5.74) is 2.59. The zero-order valence-electron chi connectivity index (χ0n) is 16.8. The highest BCUT2D eigenvalue weighted by Gasteiger charge is 2.31. The summed E-state index contributed by atoms with van der Waals surface area (Å²) in [7, 11) is 0. The average Bonchev–Trinajstić information content (AvgIpc) is 3.01. The predicted molar refractivity (Wildman–Crippen MR) is 121 cm³/mol. The van der Waals surface area contributed by atoms with Crippen LogP contribution in [0, 0.1) is 13.5 Å². The van der Waals surface area contributed by atoms with Crippen molar-refractivity contribution in [3.63, 3.8) is 0 Å². The number of Topliss-reactive ketones (excluding diaryl/α,β-unsaturated/α-hetero) is 1. The molecular weight excluding hydrogens is 396 g/mol. The Bertz CT molecular complexity index is 1330. The van der Waals surface area contributed by atoms with Crippen LogP contribution in [0.25, 0.3) is 26.7 Å². The molecule has 0 bridgehead atoms. The van der Waals surface area contributed by atoms with Gasteiger partial charge >= 0.3 is 0 Å². The standard InChI is InChI=1S/C25H21ClN2O2/c1-16-8-11-23-19(12-16)18-6-4-5-7-22(18)28(23)15-25(2,30)24(29)14-17-9-10-21(27-3)20(26)13-17/h4-13,30H,14-15H2,1-2H3/t25-/m0/s1. The SMILES string of the molecule is [C-]#[N+]c1ccc(CC(=O)[C@@](C)(O)Cn2c3ccccc3c3cc(C)ccc32)cc1Cl. The third kappa shape index (κ3) is 3.59. The molecule has 4 rings (SSSR count). The van der Waals surface area contributed by atoms with Gasteiger partial charge in [-0.15, -0.1) is 0 Å². The first kappa shape index (κ1) is 20.2. The highest BCUT2D eigenvalue weighted by molar-refractivity contribution is 6.33. The third-order valence-corrected chi connectivity index (χ3v) is 5.79. The Morgan fingerprint density at radius 1 is 1.10 bits per heavy atom. The molecule has 0 aliphatic carbocycles. The topological polar surface area (TPSA) is 46.6 Å². The Hall–Kier alpha value is -3.13. The van der Waals surface area contributed by atoms with Gasteiger partial charge in [-0.25, -0.2) is 4.85 Å². The van der Waals surface area contributed by atoms with Crippen molar-refractivity contribution in [3.8, 4) is 0 Å². The zero-order valence-corrected chi connectivity index (χ0v) is 17.6. The smallest absolute Gasteiger partial charge is 0.205 e. The summed E-state index contributed by atoms with van der Waals surface area (Å²) in [5.74, 6) is -0.299. The van der Waals surface area contributed by atoms with Crippen LogP contribution in [0.1, 0.15) is 18.1 Å². The number of para-hydroxylation sites is 1. The lowest BCUT2D eigenvalue weighted by molar-refractivity contribution is -0.136. The van der Waals surface area contributed by atoms with E-state index >= 15 is 0 Å². The number of fused-ring (bicyclic) bond motifs is 3. The number of nitrogens with zero attached hydrogens (tertiary/aromatic N) is 2. The quantitative estimate of drug-likeness (QED) is 0.413. The van der Waals surface area contributed by atoms with Gasteiger partial charge in [0, 0.05) is 33.2 Å². The van der Waals surface area contributed by atoms with E-state index in [0.717, 1.165) is 27.4 Å². The van der Waals surface area contributed by atoms with E-state index in [9.17, 15) is 9.90 Å². The number of carbonyl (C=O) groups excluding carboxylic acids is 1. The first-order valence-corrected chi connectivity index (χ1v) is 10.1. The van der Waals surface area contributed by atoms with Crippen molar-refractivity contribution in [2.75, 3.05) is 0 Å². The molecule has 0 saturated heterocycles. The number of hydrogen-bond acceptors (Lipinski definition) is 2. The van der Waals surface area contributed by atoms with Gasteiger partial charge in [0.1, 0.15) is 5.60 Å². The fraction of sp³-hybridized carbons (Fsp3) is 0.200. The molecule has 1 N–H and O–H groups in total. The van der Waals surface area contributed by atoms with E-state index in [1.54, 1.807) is 25.1 Å². The van der Waals surface area contributed by atoms with Crippen LogP contribution in [-0.2, 0) is 17.8 Å². The minimum absolute atomic E-state index is 0.0429. The monoisotopic (exact) mass is 416 g/mol. The van der Waals surface area contributed by atoms with Crippen LogP contribution in [0.3, 0.4) is 0 Å². The molecule has 30 heavy (non-hydrogen) atoms. The van der Waals surface area contributed by atoms with E-state index in [4.69, 9.17) is 18.2 Å². The molecule has 0 amide bonds. The van der Waals surface area contributed by atoms with E-state index in [1.165, 1.54) is 0 Å². The lowest BCUT2D eigenvalue weighted by atomic mass is 9.94. The zero-order chi connectivity index (χ0) is 21.5. The Morgan fingerprint density at radius 3 is 2.57 bits per heavy atom. The molecule has 0 aliphatic heterocycles. The highest BCUT2D eigenvalue weighted by Crippen LogP contribution is 2.32. The van der Waals surface area contributed by atoms with Crippen molar-refractivity contribution >= 4 is 44.9 Å². The van der Waals surface area contributed by atoms with Gasteiger partial charge in [0.2, 0.25) is 5.69 Å². The van der Waals surface area contributed by atoms with Crippen LogP contribution >= 0.6 is 11.6 Å². The van der Waals surface area contributed by atoms with E-state index in [0.29, 0.717) is 16.3 Å². The van der Waals surface area contributed by atoms with Crippen molar-refractivity contribution in [2.45, 2.75) is 32.4 Å². The summed E-state index contributed by atoms with van der Waals surface area (Å²) in [6.45, 7) is 10.8. The molecule has 5 heteroatoms. The molecule has 0 aliphatic rings. The van der Waals surface area contributed by atoms with Crippen LogP contribution in [-0.4, -0.2) is 21.1 Å². The number of aromatic nitrogens is 1. The maximum atomic E-state index is 13.0. The van der Waals surface area contributed by atoms with Crippen LogP contribution in [0.5, 0.6) is 0 Å². The number of aliphatic hydroxyl groups is 1. The molecule has 1 aromatic heterocycles. The number of halogens is 1. The molecule has 0 fully saturated rings. The molecule has 3 aromatic carbocycles. The molecule has 150 valence electrons. The lowest BCUT2D eigenvalue weighted by Crippen LogP contribution is -2.40. The van der Waals surface area contributed by atoms with Gasteiger partial charge in [0.15, 0.2) is 5.78 Å². The Labute approximate surface area is 180 Å². The second kappa shape index (κ2) is 7.60. The number of ketones is 1. The largest absolute Gasteiger partial charge is 0.380 e. The molecule has 0 spiro atoms. The third-order valence-electron chi connectivity index (χ3n) is 5.49. The normalized spacial score (nSPS) is 13.3. The van der Waals surface area contributed by atoms with E-state index < -0.39 is 5.60 Å². The molecule has 1 heterocycles. The van der Waals surface area contributed by atoms with Crippen molar-refractivity contribution in [3.05, 3.63) is 88.2 Å². The number of rotatable bonds is 5. The van der Waals surface area contributed by atoms with Gasteiger partial charge in [-0.1, -0.05) is 59.6 Å². The Morgan fingerprint density at radius 2 is 1.83 bits per heavy atom. The Kier molecular flexibility index (Phi) is 5.11. The van der Waals surface area contributed by atoms with Crippen molar-refractivity contribution in [2.24, 2.45) is 0 Å². The fourth-order valence-corrected chi connectivity index (χ4v) is 4.11. The van der Waals surface area contributed by atoms with Gasteiger partial charge in [0.25, 0.3) is 0 Å². The van der Waals surface area contributed by atoms with Gasteiger partial charge in [-0.2, -0.15) is 0 Å². The van der Waals surface area contributed by atoms with Gasteiger partial charge in [-0.3, -0.25) is 4.79 Å². The molecule has 0 radical (unpaired) electrons. The first-order valence-electron chi connectivity index (χ1n) is 9.69. The summed E-state index contributed by atoms with van der Waals surface area (Å²) in [6, 6.07) is 19.1. The predicted octanol–water partition coefficient (Wildman–Crippen LogP) is 5.87. The maximum absolute atomic E-state index is 13.0. The molecule has 0 saturated carbocycles. The fourth-order valence-electron chi connectivity index (χ4n) is 3.86. The minimum Gasteiger partial charge on any atom is -0.380 e. The van der Waals surface area contributed by atoms with Crippen molar-refractivity contribution in [1.82, 2.24) is 4.57 Å². The van der Waals surface area contributed by atoms with Gasteiger partial charge < -0.3 is 9.67 Å². The van der Waals surface area contributed by atoms with E-state index in [2.05, 4.69) is 23.9 Å². The molecule has 4 aromatic rings. The summed E-state index contributed by atoms with van der Waals surface area (Å²) in [4.78, 5) is 16.3. The lowest BCUT2D eigenvalue weighted by Gasteiger charge is -2.24. The van der Waals surface area contributed by atoms with Crippen molar-refractivity contribution < 1.29 is 9.90 Å². The van der Waals surface area contributed by atoms with Crippen LogP contribution in [0.15, 0.2) is 60.7 Å². The number of carbonyl (C=O) groups is 1. The summed E-state index contributed by atoms with van der Waals surface area (Å²) < 4.78 is 2.01. The molecule has 4 nitrogen and oxygen atoms in total. The highest BCUT2D eigenvalue weighted by atomic mass is 35.5. The molecule has 0 unspecified atom stereocenters. The van der Waals surface area contributed by atoms with Crippen molar-refractivity contribution in [1.29, 1.82) is 0 Å². The number of hydrogen-bond donors (Lipinski definition) is 1. The summed E-state index contributed by atoms with van der Waals surface area (Å²) >= 11 is 6.09. The summed E-state index contributed by atoms with van der Waals surface area (Å²) in [5, 5.41) is 13.6. The first-order chi connectivity index (χ1) is 14.3. The van der Waals surface area contributed by atoms with E-state index in [1.807, 2.05) is 34.9 Å². The second-order valence-corrected chi connectivity index (χ2v) is 8.30. The number of benzene rings is 3. The van der Waals surface area contributed by atoms with Crippen LogP contribution in [0.4, 0.5) is 5.69 Å². The molecule has 1 atom stereocenters. The Balaban J connectivity index is 1.69. The van der Waals surface area contributed by atoms with Gasteiger partial charge in [-0.05, 0) is 37.6 Å². The average molecular weight is 417 g/mol. The van der Waals surface area contributed by atoms with E-state index in [-0.39, 0.29) is 18.7 Å². The van der Waals surface area contributed by atoms with Crippen LogP contribution in [0.2, 0.25) is 5.02 Å². The van der Waals surface area contributed by atoms with Crippen LogP contribution < -0.4 is 0 Å². The van der Waals surface area contributed by atoms with Gasteiger partial charge in [0.05, 0.1) is 13.1 Å². The number of aryl methyl sites for hydroxylation is 1. The minimum atomic E-state index is -1.56. The second-order valence-electron chi connectivity index (χ2n) is 7.90. The summed E-state index contributed by atoms with van der Waals surface area (Å²) in [6.07, 6.45) is 0.0429. The molecular formula is C25H21ClN2O2. The maximum Gasteiger partial charge on any atom is 0.205 e.